The van der Waals surface area contributed by atoms with Crippen molar-refractivity contribution in [2.75, 3.05) is 31.3 Å². The van der Waals surface area contributed by atoms with Crippen LogP contribution in [-0.4, -0.2) is 59.3 Å². The molecular weight excluding hydrogens is 522 g/mol. The third-order valence-electron chi connectivity index (χ3n) is 6.16. The van der Waals surface area contributed by atoms with Crippen LogP contribution in [0.2, 0.25) is 0 Å². The maximum atomic E-state index is 13.2. The quantitative estimate of drug-likeness (QED) is 0.307. The highest BCUT2D eigenvalue weighted by atomic mass is 32.2. The van der Waals surface area contributed by atoms with Crippen molar-refractivity contribution in [2.45, 2.75) is 22.9 Å². The molecule has 1 aliphatic rings. The van der Waals surface area contributed by atoms with Crippen LogP contribution in [0.25, 0.3) is 17.1 Å². The van der Waals surface area contributed by atoms with E-state index < -0.39 is 10.0 Å². The molecule has 4 aromatic rings. The monoisotopic (exact) mass is 549 g/mol. The number of para-hydroxylation sites is 3. The van der Waals surface area contributed by atoms with Gasteiger partial charge in [-0.1, -0.05) is 54.2 Å². The number of nitrogens with one attached hydrogen (secondary N) is 1. The number of ether oxygens (including phenoxy) is 1. The number of rotatable bonds is 9. The van der Waals surface area contributed by atoms with Crippen LogP contribution in [0.5, 0.6) is 5.75 Å². The van der Waals surface area contributed by atoms with E-state index in [2.05, 4.69) is 15.5 Å². The Labute approximate surface area is 225 Å². The van der Waals surface area contributed by atoms with Gasteiger partial charge >= 0.3 is 0 Å². The van der Waals surface area contributed by atoms with Gasteiger partial charge in [0.15, 0.2) is 11.0 Å². The molecule has 0 aliphatic carbocycles. The van der Waals surface area contributed by atoms with Gasteiger partial charge in [-0.15, -0.1) is 10.2 Å². The van der Waals surface area contributed by atoms with Crippen molar-refractivity contribution in [1.82, 2.24) is 19.1 Å². The first-order valence-corrected chi connectivity index (χ1v) is 14.6. The van der Waals surface area contributed by atoms with E-state index in [0.29, 0.717) is 41.1 Å². The standard InChI is InChI=1S/C27H27N5O4S2/c1-36-24-15-6-5-14-23(24)28-25(33)19-37-27-30-29-26(32(27)21-11-3-2-4-12-21)20-10-9-13-22(18-20)38(34,35)31-16-7-8-17-31/h2-6,9-15,18H,7-8,16-17,19H2,1H3,(H,28,33). The van der Waals surface area contributed by atoms with E-state index in [9.17, 15) is 13.2 Å². The van der Waals surface area contributed by atoms with Gasteiger partial charge in [-0.25, -0.2) is 8.42 Å². The molecule has 38 heavy (non-hydrogen) atoms. The van der Waals surface area contributed by atoms with E-state index in [1.165, 1.54) is 16.1 Å². The van der Waals surface area contributed by atoms with Crippen molar-refractivity contribution in [3.05, 3.63) is 78.9 Å². The van der Waals surface area contributed by atoms with Crippen LogP contribution in [-0.2, 0) is 14.8 Å². The van der Waals surface area contributed by atoms with Crippen LogP contribution in [0.1, 0.15) is 12.8 Å². The smallest absolute Gasteiger partial charge is 0.243 e. The fourth-order valence-electron chi connectivity index (χ4n) is 4.30. The van der Waals surface area contributed by atoms with Crippen molar-refractivity contribution in [2.24, 2.45) is 0 Å². The molecule has 0 spiro atoms. The molecule has 1 aliphatic heterocycles. The zero-order valence-electron chi connectivity index (χ0n) is 20.8. The second-order valence-corrected chi connectivity index (χ2v) is 11.5. The van der Waals surface area contributed by atoms with Gasteiger partial charge in [0.25, 0.3) is 0 Å². The second kappa shape index (κ2) is 11.4. The van der Waals surface area contributed by atoms with Crippen molar-refractivity contribution >= 4 is 33.4 Å². The zero-order valence-corrected chi connectivity index (χ0v) is 22.4. The van der Waals surface area contributed by atoms with Crippen LogP contribution in [0.15, 0.2) is 88.9 Å². The van der Waals surface area contributed by atoms with Crippen molar-refractivity contribution in [1.29, 1.82) is 0 Å². The van der Waals surface area contributed by atoms with Gasteiger partial charge < -0.3 is 10.1 Å². The topological polar surface area (TPSA) is 106 Å². The lowest BCUT2D eigenvalue weighted by Gasteiger charge is -2.16. The van der Waals surface area contributed by atoms with E-state index >= 15 is 0 Å². The normalized spacial score (nSPS) is 13.9. The van der Waals surface area contributed by atoms with E-state index in [4.69, 9.17) is 4.74 Å². The number of amides is 1. The van der Waals surface area contributed by atoms with Gasteiger partial charge in [0.05, 0.1) is 23.4 Å². The summed E-state index contributed by atoms with van der Waals surface area (Å²) in [6, 6.07) is 23.5. The first kappa shape index (κ1) is 26.0. The first-order valence-electron chi connectivity index (χ1n) is 12.1. The van der Waals surface area contributed by atoms with Crippen LogP contribution < -0.4 is 10.1 Å². The van der Waals surface area contributed by atoms with Gasteiger partial charge in [-0.3, -0.25) is 9.36 Å². The molecule has 5 rings (SSSR count). The molecule has 2 heterocycles. The molecule has 0 unspecified atom stereocenters. The summed E-state index contributed by atoms with van der Waals surface area (Å²) in [5.74, 6) is 0.931. The molecule has 9 nitrogen and oxygen atoms in total. The summed E-state index contributed by atoms with van der Waals surface area (Å²) in [4.78, 5) is 13.0. The third-order valence-corrected chi connectivity index (χ3v) is 8.98. The number of benzene rings is 3. The average Bonchev–Trinajstić information content (AvgIpc) is 3.64. The molecule has 1 amide bonds. The van der Waals surface area contributed by atoms with Gasteiger partial charge in [0.1, 0.15) is 5.75 Å². The van der Waals surface area contributed by atoms with Crippen LogP contribution in [0.3, 0.4) is 0 Å². The predicted octanol–water partition coefficient (Wildman–Crippen LogP) is 4.46. The summed E-state index contributed by atoms with van der Waals surface area (Å²) < 4.78 is 35.0. The maximum absolute atomic E-state index is 13.2. The highest BCUT2D eigenvalue weighted by Crippen LogP contribution is 2.31. The Morgan fingerprint density at radius 3 is 2.47 bits per heavy atom. The lowest BCUT2D eigenvalue weighted by Crippen LogP contribution is -2.27. The Kier molecular flexibility index (Phi) is 7.77. The van der Waals surface area contributed by atoms with E-state index in [-0.39, 0.29) is 16.6 Å². The van der Waals surface area contributed by atoms with Crippen molar-refractivity contribution < 1.29 is 17.9 Å². The molecule has 11 heteroatoms. The average molecular weight is 550 g/mol. The number of hydrogen-bond donors (Lipinski definition) is 1. The summed E-state index contributed by atoms with van der Waals surface area (Å²) in [6.07, 6.45) is 1.74. The fourth-order valence-corrected chi connectivity index (χ4v) is 6.61. The highest BCUT2D eigenvalue weighted by Gasteiger charge is 2.28. The summed E-state index contributed by atoms with van der Waals surface area (Å²) >= 11 is 1.24. The Bertz CT molecular complexity index is 1530. The summed E-state index contributed by atoms with van der Waals surface area (Å²) in [5.41, 5.74) is 2.00. The van der Waals surface area contributed by atoms with Crippen molar-refractivity contribution in [3.8, 4) is 22.8 Å². The van der Waals surface area contributed by atoms with Gasteiger partial charge in [0.2, 0.25) is 15.9 Å². The lowest BCUT2D eigenvalue weighted by molar-refractivity contribution is -0.113. The zero-order chi connectivity index (χ0) is 26.5. The second-order valence-electron chi connectivity index (χ2n) is 8.65. The van der Waals surface area contributed by atoms with Crippen molar-refractivity contribution in [3.63, 3.8) is 0 Å². The van der Waals surface area contributed by atoms with E-state index in [1.54, 1.807) is 37.4 Å². The molecule has 196 valence electrons. The highest BCUT2D eigenvalue weighted by molar-refractivity contribution is 7.99. The molecule has 1 fully saturated rings. The number of aromatic nitrogens is 3. The number of hydrogen-bond acceptors (Lipinski definition) is 7. The largest absolute Gasteiger partial charge is 0.495 e. The number of sulfonamides is 1. The molecule has 1 aromatic heterocycles. The van der Waals surface area contributed by atoms with Gasteiger partial charge in [0, 0.05) is 24.3 Å². The molecule has 1 saturated heterocycles. The number of methoxy groups -OCH3 is 1. The van der Waals surface area contributed by atoms with Crippen LogP contribution >= 0.6 is 11.8 Å². The molecule has 0 bridgehead atoms. The number of carbonyl (C=O) groups is 1. The molecule has 0 saturated carbocycles. The lowest BCUT2D eigenvalue weighted by atomic mass is 10.2. The van der Waals surface area contributed by atoms with Crippen LogP contribution in [0.4, 0.5) is 5.69 Å². The molecule has 3 aromatic carbocycles. The minimum atomic E-state index is -3.59. The number of thioether (sulfide) groups is 1. The Morgan fingerprint density at radius 2 is 1.71 bits per heavy atom. The molecular formula is C27H27N5O4S2. The van der Waals surface area contributed by atoms with Gasteiger partial charge in [-0.05, 0) is 49.2 Å². The first-order chi connectivity index (χ1) is 18.5. The summed E-state index contributed by atoms with van der Waals surface area (Å²) in [7, 11) is -2.04. The van der Waals surface area contributed by atoms with Gasteiger partial charge in [-0.2, -0.15) is 4.31 Å². The number of carbonyl (C=O) groups excluding carboxylic acids is 1. The maximum Gasteiger partial charge on any atom is 0.243 e. The summed E-state index contributed by atoms with van der Waals surface area (Å²) in [6.45, 7) is 1.06. The SMILES string of the molecule is COc1ccccc1NC(=O)CSc1nnc(-c2cccc(S(=O)(=O)N3CCCC3)c2)n1-c1ccccc1. The molecule has 1 N–H and O–H groups in total. The molecule has 0 radical (unpaired) electrons. The minimum absolute atomic E-state index is 0.0897. The number of anilines is 1. The van der Waals surface area contributed by atoms with E-state index in [0.717, 1.165) is 18.5 Å². The Morgan fingerprint density at radius 1 is 0.974 bits per heavy atom. The molecule has 0 atom stereocenters. The fraction of sp³-hybridized carbons (Fsp3) is 0.222. The Balaban J connectivity index is 1.44. The Hall–Kier alpha value is -3.67. The minimum Gasteiger partial charge on any atom is -0.495 e. The van der Waals surface area contributed by atoms with E-state index in [1.807, 2.05) is 53.1 Å². The third kappa shape index (κ3) is 5.45. The van der Waals surface area contributed by atoms with Crippen LogP contribution in [0, 0.1) is 0 Å². The number of nitrogens with zero attached hydrogens (tertiary/aromatic N) is 4. The predicted molar refractivity (Wildman–Crippen MR) is 147 cm³/mol. The summed E-state index contributed by atoms with van der Waals surface area (Å²) in [5, 5.41) is 12.1.